The van der Waals surface area contributed by atoms with Crippen molar-refractivity contribution in [2.75, 3.05) is 6.61 Å². The third kappa shape index (κ3) is 0.647. The van der Waals surface area contributed by atoms with Crippen LogP contribution in [0.15, 0.2) is 0 Å². The number of aryl methyl sites for hydroxylation is 1. The van der Waals surface area contributed by atoms with Crippen molar-refractivity contribution in [2.45, 2.75) is 13.0 Å². The third-order valence-corrected chi connectivity index (χ3v) is 1.24. The predicted molar refractivity (Wildman–Crippen MR) is 27.9 cm³/mol. The van der Waals surface area contributed by atoms with E-state index in [1.807, 2.05) is 0 Å². The van der Waals surface area contributed by atoms with Crippen molar-refractivity contribution < 1.29 is 4.74 Å². The van der Waals surface area contributed by atoms with Crippen molar-refractivity contribution in [1.82, 2.24) is 20.2 Å². The summed E-state index contributed by atoms with van der Waals surface area (Å²) in [6, 6.07) is 0.543. The SMILES string of the molecule is C1COc2nnnn2C1. The van der Waals surface area contributed by atoms with Gasteiger partial charge in [-0.25, -0.2) is 0 Å². The quantitative estimate of drug-likeness (QED) is 0.468. The first kappa shape index (κ1) is 4.72. The summed E-state index contributed by atoms with van der Waals surface area (Å²) in [4.78, 5) is 0. The summed E-state index contributed by atoms with van der Waals surface area (Å²) in [5.41, 5.74) is 0. The minimum absolute atomic E-state index is 0.543. The van der Waals surface area contributed by atoms with Crippen molar-refractivity contribution in [3.63, 3.8) is 0 Å². The molecule has 0 aliphatic carbocycles. The molecule has 1 aliphatic rings. The lowest BCUT2D eigenvalue weighted by Crippen LogP contribution is -2.14. The largest absolute Gasteiger partial charge is 0.462 e. The Morgan fingerprint density at radius 2 is 2.56 bits per heavy atom. The fraction of sp³-hybridized carbons (Fsp3) is 0.750. The highest BCUT2D eigenvalue weighted by atomic mass is 16.5. The second-order valence-corrected chi connectivity index (χ2v) is 1.89. The van der Waals surface area contributed by atoms with Gasteiger partial charge in [-0.15, -0.1) is 0 Å². The fourth-order valence-electron chi connectivity index (χ4n) is 0.818. The molecule has 1 aromatic heterocycles. The normalized spacial score (nSPS) is 16.4. The van der Waals surface area contributed by atoms with Gasteiger partial charge in [0.1, 0.15) is 0 Å². The third-order valence-electron chi connectivity index (χ3n) is 1.24. The number of aromatic nitrogens is 4. The Labute approximate surface area is 51.6 Å². The maximum Gasteiger partial charge on any atom is 0.335 e. The van der Waals surface area contributed by atoms with Crippen LogP contribution < -0.4 is 4.74 Å². The molecule has 0 aromatic carbocycles. The number of tetrazole rings is 1. The van der Waals surface area contributed by atoms with Gasteiger partial charge in [-0.2, -0.15) is 4.68 Å². The van der Waals surface area contributed by atoms with E-state index in [9.17, 15) is 0 Å². The average molecular weight is 126 g/mol. The van der Waals surface area contributed by atoms with Crippen LogP contribution >= 0.6 is 0 Å². The van der Waals surface area contributed by atoms with E-state index in [2.05, 4.69) is 15.5 Å². The molecule has 5 heteroatoms. The second-order valence-electron chi connectivity index (χ2n) is 1.89. The first-order valence-corrected chi connectivity index (χ1v) is 2.86. The molecule has 0 bridgehead atoms. The van der Waals surface area contributed by atoms with E-state index in [0.29, 0.717) is 6.01 Å². The van der Waals surface area contributed by atoms with Crippen molar-refractivity contribution in [3.8, 4) is 6.01 Å². The van der Waals surface area contributed by atoms with Crippen molar-refractivity contribution in [3.05, 3.63) is 0 Å². The molecule has 5 nitrogen and oxygen atoms in total. The fourth-order valence-corrected chi connectivity index (χ4v) is 0.818. The van der Waals surface area contributed by atoms with Gasteiger partial charge < -0.3 is 4.74 Å². The molecular formula is C4H6N4O. The van der Waals surface area contributed by atoms with Crippen LogP contribution in [0.4, 0.5) is 0 Å². The number of nitrogens with zero attached hydrogens (tertiary/aromatic N) is 4. The second kappa shape index (κ2) is 1.68. The average Bonchev–Trinajstić information content (AvgIpc) is 2.33. The van der Waals surface area contributed by atoms with Crippen LogP contribution in [-0.2, 0) is 6.54 Å². The summed E-state index contributed by atoms with van der Waals surface area (Å²) < 4.78 is 6.75. The molecule has 9 heavy (non-hydrogen) atoms. The first-order valence-electron chi connectivity index (χ1n) is 2.86. The standard InChI is InChI=1S/C4H6N4O/c1-2-8-4(9-3-1)5-6-7-8/h1-3H2. The van der Waals surface area contributed by atoms with E-state index in [1.165, 1.54) is 0 Å². The summed E-state index contributed by atoms with van der Waals surface area (Å²) >= 11 is 0. The van der Waals surface area contributed by atoms with Gasteiger partial charge in [-0.05, 0) is 10.4 Å². The first-order chi connectivity index (χ1) is 4.47. The molecule has 0 amide bonds. The molecule has 2 rings (SSSR count). The number of hydrogen-bond acceptors (Lipinski definition) is 4. The van der Waals surface area contributed by atoms with E-state index in [4.69, 9.17) is 4.74 Å². The van der Waals surface area contributed by atoms with Gasteiger partial charge in [0, 0.05) is 6.42 Å². The van der Waals surface area contributed by atoms with Crippen LogP contribution in [-0.4, -0.2) is 26.8 Å². The van der Waals surface area contributed by atoms with Gasteiger partial charge in [0.25, 0.3) is 0 Å². The lowest BCUT2D eigenvalue weighted by Gasteiger charge is -2.10. The number of rotatable bonds is 0. The zero-order chi connectivity index (χ0) is 6.10. The number of fused-ring (bicyclic) bond motifs is 1. The summed E-state index contributed by atoms with van der Waals surface area (Å²) in [6.45, 7) is 1.61. The van der Waals surface area contributed by atoms with Crippen molar-refractivity contribution in [2.24, 2.45) is 0 Å². The number of hydrogen-bond donors (Lipinski definition) is 0. The smallest absolute Gasteiger partial charge is 0.335 e. The Morgan fingerprint density at radius 3 is 3.44 bits per heavy atom. The van der Waals surface area contributed by atoms with E-state index in [1.54, 1.807) is 4.68 Å². The Kier molecular flexibility index (Phi) is 0.881. The van der Waals surface area contributed by atoms with Crippen LogP contribution in [0.1, 0.15) is 6.42 Å². The number of ether oxygens (including phenoxy) is 1. The molecule has 0 saturated carbocycles. The molecule has 0 spiro atoms. The molecule has 1 aromatic rings. The van der Waals surface area contributed by atoms with Crippen LogP contribution in [0.5, 0.6) is 6.01 Å². The summed E-state index contributed by atoms with van der Waals surface area (Å²) in [5.74, 6) is 0. The van der Waals surface area contributed by atoms with E-state index < -0.39 is 0 Å². The highest BCUT2D eigenvalue weighted by molar-refractivity contribution is 4.88. The Balaban J connectivity index is 2.39. The summed E-state index contributed by atoms with van der Waals surface area (Å²) in [5, 5.41) is 10.8. The molecule has 48 valence electrons. The highest BCUT2D eigenvalue weighted by Gasteiger charge is 2.10. The van der Waals surface area contributed by atoms with Gasteiger partial charge in [0.15, 0.2) is 0 Å². The molecule has 0 atom stereocenters. The van der Waals surface area contributed by atoms with Gasteiger partial charge in [-0.1, -0.05) is 5.10 Å². The van der Waals surface area contributed by atoms with E-state index in [-0.39, 0.29) is 0 Å². The Hall–Kier alpha value is -1.13. The van der Waals surface area contributed by atoms with Crippen molar-refractivity contribution >= 4 is 0 Å². The molecule has 0 N–H and O–H groups in total. The van der Waals surface area contributed by atoms with E-state index >= 15 is 0 Å². The van der Waals surface area contributed by atoms with Gasteiger partial charge in [0.2, 0.25) is 0 Å². The van der Waals surface area contributed by atoms with Crippen LogP contribution in [0.2, 0.25) is 0 Å². The minimum Gasteiger partial charge on any atom is -0.462 e. The molecular weight excluding hydrogens is 120 g/mol. The Bertz CT molecular complexity index is 188. The van der Waals surface area contributed by atoms with Gasteiger partial charge in [-0.3, -0.25) is 0 Å². The zero-order valence-corrected chi connectivity index (χ0v) is 4.82. The topological polar surface area (TPSA) is 52.8 Å². The molecule has 2 heterocycles. The molecule has 1 aliphatic heterocycles. The van der Waals surface area contributed by atoms with Crippen molar-refractivity contribution in [1.29, 1.82) is 0 Å². The maximum atomic E-state index is 5.09. The van der Waals surface area contributed by atoms with Gasteiger partial charge in [0.05, 0.1) is 13.2 Å². The van der Waals surface area contributed by atoms with Crippen LogP contribution in [0.25, 0.3) is 0 Å². The summed E-state index contributed by atoms with van der Waals surface area (Å²) in [7, 11) is 0. The maximum absolute atomic E-state index is 5.09. The zero-order valence-electron chi connectivity index (χ0n) is 4.82. The van der Waals surface area contributed by atoms with Gasteiger partial charge >= 0.3 is 6.01 Å². The van der Waals surface area contributed by atoms with E-state index in [0.717, 1.165) is 19.6 Å². The molecule has 0 fully saturated rings. The predicted octanol–water partition coefficient (Wildman–Crippen LogP) is -0.544. The molecule has 0 saturated heterocycles. The molecule has 0 radical (unpaired) electrons. The Morgan fingerprint density at radius 1 is 1.56 bits per heavy atom. The van der Waals surface area contributed by atoms with Crippen LogP contribution in [0, 0.1) is 0 Å². The van der Waals surface area contributed by atoms with Crippen LogP contribution in [0.3, 0.4) is 0 Å². The minimum atomic E-state index is 0.543. The lowest BCUT2D eigenvalue weighted by atomic mass is 10.4. The summed E-state index contributed by atoms with van der Waals surface area (Å²) in [6.07, 6.45) is 0.998. The highest BCUT2D eigenvalue weighted by Crippen LogP contribution is 2.08. The molecule has 0 unspecified atom stereocenters. The lowest BCUT2D eigenvalue weighted by molar-refractivity contribution is 0.221. The monoisotopic (exact) mass is 126 g/mol.